The predicted octanol–water partition coefficient (Wildman–Crippen LogP) is 4.03. The molecule has 2 fully saturated rings. The lowest BCUT2D eigenvalue weighted by Crippen LogP contribution is -2.54. The first-order valence-electron chi connectivity index (χ1n) is 9.38. The highest BCUT2D eigenvalue weighted by Crippen LogP contribution is 2.46. The normalized spacial score (nSPS) is 28.0. The van der Waals surface area contributed by atoms with Gasteiger partial charge in [0.15, 0.2) is 0 Å². The van der Waals surface area contributed by atoms with Crippen LogP contribution in [0.1, 0.15) is 31.2 Å². The van der Waals surface area contributed by atoms with Crippen LogP contribution in [-0.4, -0.2) is 42.1 Å². The lowest BCUT2D eigenvalue weighted by Gasteiger charge is -2.48. The van der Waals surface area contributed by atoms with Crippen molar-refractivity contribution in [2.75, 3.05) is 25.5 Å². The topological polar surface area (TPSA) is 48.5 Å². The van der Waals surface area contributed by atoms with Crippen LogP contribution in [0.3, 0.4) is 0 Å². The monoisotopic (exact) mass is 384 g/mol. The predicted molar refractivity (Wildman–Crippen MR) is 108 cm³/mol. The van der Waals surface area contributed by atoms with E-state index in [1.807, 2.05) is 0 Å². The standard InChI is InChI=1S/C21H25ClN4O/c1-25(2)21(16-6-4-3-5-7-16)12-10-20(11-13-21)15-26(19(27)24-20)18-9-8-17(22)14-23-18/h3-9,14H,10-13,15H2,1-2H3,(H,24,27)/t20-,21-. The lowest BCUT2D eigenvalue weighted by molar-refractivity contribution is 0.0657. The Balaban J connectivity index is 1.54. The summed E-state index contributed by atoms with van der Waals surface area (Å²) in [7, 11) is 4.31. The van der Waals surface area contributed by atoms with E-state index >= 15 is 0 Å². The molecule has 1 aliphatic carbocycles. The van der Waals surface area contributed by atoms with E-state index in [1.54, 1.807) is 23.2 Å². The number of amides is 2. The molecule has 0 bridgehead atoms. The zero-order chi connectivity index (χ0) is 19.1. The molecule has 142 valence electrons. The van der Waals surface area contributed by atoms with Gasteiger partial charge in [0.1, 0.15) is 5.82 Å². The molecule has 1 saturated carbocycles. The third-order valence-corrected chi connectivity index (χ3v) is 6.49. The van der Waals surface area contributed by atoms with Gasteiger partial charge in [-0.25, -0.2) is 9.78 Å². The summed E-state index contributed by atoms with van der Waals surface area (Å²) >= 11 is 5.93. The second kappa shape index (κ2) is 6.80. The Bertz CT molecular complexity index is 814. The molecular formula is C21H25ClN4O. The molecule has 6 heteroatoms. The van der Waals surface area contributed by atoms with Crippen molar-refractivity contribution >= 4 is 23.4 Å². The number of urea groups is 1. The molecule has 1 aliphatic heterocycles. The fourth-order valence-corrected chi connectivity index (χ4v) is 4.70. The number of pyridine rings is 1. The highest BCUT2D eigenvalue weighted by molar-refractivity contribution is 6.30. The molecule has 1 aromatic carbocycles. The van der Waals surface area contributed by atoms with E-state index < -0.39 is 0 Å². The van der Waals surface area contributed by atoms with Crippen molar-refractivity contribution < 1.29 is 4.79 Å². The lowest BCUT2D eigenvalue weighted by atomic mass is 9.69. The van der Waals surface area contributed by atoms with Gasteiger partial charge >= 0.3 is 6.03 Å². The molecular weight excluding hydrogens is 360 g/mol. The van der Waals surface area contributed by atoms with Crippen LogP contribution in [-0.2, 0) is 5.54 Å². The average molecular weight is 385 g/mol. The molecule has 0 unspecified atom stereocenters. The van der Waals surface area contributed by atoms with Crippen LogP contribution in [0, 0.1) is 0 Å². The van der Waals surface area contributed by atoms with Gasteiger partial charge in [-0.05, 0) is 57.5 Å². The largest absolute Gasteiger partial charge is 0.330 e. The van der Waals surface area contributed by atoms with Crippen molar-refractivity contribution in [1.82, 2.24) is 15.2 Å². The van der Waals surface area contributed by atoms with E-state index in [0.29, 0.717) is 17.4 Å². The van der Waals surface area contributed by atoms with E-state index in [1.165, 1.54) is 5.56 Å². The van der Waals surface area contributed by atoms with Crippen LogP contribution in [0.5, 0.6) is 0 Å². The summed E-state index contributed by atoms with van der Waals surface area (Å²) in [6, 6.07) is 14.2. The number of nitrogens with one attached hydrogen (secondary N) is 1. The molecule has 1 N–H and O–H groups in total. The Morgan fingerprint density at radius 1 is 1.07 bits per heavy atom. The molecule has 5 nitrogen and oxygen atoms in total. The van der Waals surface area contributed by atoms with Crippen LogP contribution < -0.4 is 10.2 Å². The molecule has 0 atom stereocenters. The number of carbonyl (C=O) groups is 1. The summed E-state index contributed by atoms with van der Waals surface area (Å²) in [5.41, 5.74) is 1.18. The quantitative estimate of drug-likeness (QED) is 0.868. The number of hydrogen-bond acceptors (Lipinski definition) is 3. The van der Waals surface area contributed by atoms with E-state index in [0.717, 1.165) is 25.7 Å². The number of nitrogens with zero attached hydrogens (tertiary/aromatic N) is 3. The van der Waals surface area contributed by atoms with Gasteiger partial charge in [-0.15, -0.1) is 0 Å². The smallest absolute Gasteiger partial charge is 0.323 e. The molecule has 2 aliphatic rings. The Morgan fingerprint density at radius 2 is 1.78 bits per heavy atom. The molecule has 1 spiro atoms. The van der Waals surface area contributed by atoms with Gasteiger partial charge in [0, 0.05) is 11.7 Å². The first kappa shape index (κ1) is 18.3. The summed E-state index contributed by atoms with van der Waals surface area (Å²) in [6.45, 7) is 0.652. The molecule has 2 heterocycles. The summed E-state index contributed by atoms with van der Waals surface area (Å²) in [6.07, 6.45) is 5.48. The number of aromatic nitrogens is 1. The first-order valence-corrected chi connectivity index (χ1v) is 9.76. The second-order valence-electron chi connectivity index (χ2n) is 7.92. The maximum atomic E-state index is 12.6. The Hall–Kier alpha value is -2.11. The summed E-state index contributed by atoms with van der Waals surface area (Å²) in [5, 5.41) is 3.83. The van der Waals surface area contributed by atoms with Crippen molar-refractivity contribution in [3.05, 3.63) is 59.2 Å². The number of anilines is 1. The summed E-state index contributed by atoms with van der Waals surface area (Å²) < 4.78 is 0. The van der Waals surface area contributed by atoms with Crippen LogP contribution in [0.25, 0.3) is 0 Å². The van der Waals surface area contributed by atoms with E-state index in [2.05, 4.69) is 59.6 Å². The van der Waals surface area contributed by atoms with Crippen molar-refractivity contribution in [2.45, 2.75) is 36.8 Å². The van der Waals surface area contributed by atoms with Crippen LogP contribution >= 0.6 is 11.6 Å². The molecule has 2 amide bonds. The van der Waals surface area contributed by atoms with Gasteiger partial charge in [-0.1, -0.05) is 41.9 Å². The fraction of sp³-hybridized carbons (Fsp3) is 0.429. The maximum Gasteiger partial charge on any atom is 0.323 e. The molecule has 1 aromatic heterocycles. The van der Waals surface area contributed by atoms with Crippen molar-refractivity contribution in [2.24, 2.45) is 0 Å². The third kappa shape index (κ3) is 3.19. The molecule has 4 rings (SSSR count). The van der Waals surface area contributed by atoms with Crippen LogP contribution in [0.4, 0.5) is 10.6 Å². The van der Waals surface area contributed by atoms with Crippen LogP contribution in [0.2, 0.25) is 5.02 Å². The second-order valence-corrected chi connectivity index (χ2v) is 8.36. The summed E-state index contributed by atoms with van der Waals surface area (Å²) in [5.74, 6) is 0.654. The Morgan fingerprint density at radius 3 is 2.37 bits per heavy atom. The number of rotatable bonds is 3. The Kier molecular flexibility index (Phi) is 4.60. The van der Waals surface area contributed by atoms with Crippen molar-refractivity contribution in [3.8, 4) is 0 Å². The highest BCUT2D eigenvalue weighted by atomic mass is 35.5. The molecule has 27 heavy (non-hydrogen) atoms. The highest BCUT2D eigenvalue weighted by Gasteiger charge is 2.50. The van der Waals surface area contributed by atoms with E-state index in [9.17, 15) is 4.79 Å². The van der Waals surface area contributed by atoms with Gasteiger partial charge < -0.3 is 5.32 Å². The van der Waals surface area contributed by atoms with Crippen molar-refractivity contribution in [1.29, 1.82) is 0 Å². The fourth-order valence-electron chi connectivity index (χ4n) is 4.59. The molecule has 1 saturated heterocycles. The molecule has 2 aromatic rings. The number of carbonyl (C=O) groups excluding carboxylic acids is 1. The van der Waals surface area contributed by atoms with Gasteiger partial charge in [-0.3, -0.25) is 9.80 Å². The minimum Gasteiger partial charge on any atom is -0.330 e. The zero-order valence-corrected chi connectivity index (χ0v) is 16.5. The number of benzene rings is 1. The van der Waals surface area contributed by atoms with Gasteiger partial charge in [0.05, 0.1) is 17.1 Å². The minimum absolute atomic E-state index is 0.0170. The minimum atomic E-state index is -0.188. The van der Waals surface area contributed by atoms with Crippen LogP contribution in [0.15, 0.2) is 48.7 Å². The Labute approximate surface area is 165 Å². The first-order chi connectivity index (χ1) is 12.9. The zero-order valence-electron chi connectivity index (χ0n) is 15.8. The SMILES string of the molecule is CN(C)[C@]1(c2ccccc2)CC[C@@]2(CC1)CN(c1ccc(Cl)cn1)C(=O)N2. The average Bonchev–Trinajstić information content (AvgIpc) is 3.00. The maximum absolute atomic E-state index is 12.6. The summed E-state index contributed by atoms with van der Waals surface area (Å²) in [4.78, 5) is 21.0. The van der Waals surface area contributed by atoms with Gasteiger partial charge in [0.25, 0.3) is 0 Å². The van der Waals surface area contributed by atoms with Gasteiger partial charge in [0.2, 0.25) is 0 Å². The van der Waals surface area contributed by atoms with Crippen molar-refractivity contribution in [3.63, 3.8) is 0 Å². The van der Waals surface area contributed by atoms with E-state index in [-0.39, 0.29) is 17.1 Å². The van der Waals surface area contributed by atoms with E-state index in [4.69, 9.17) is 11.6 Å². The number of halogens is 1. The molecule has 0 radical (unpaired) electrons. The van der Waals surface area contributed by atoms with Gasteiger partial charge in [-0.2, -0.15) is 0 Å². The number of hydrogen-bond donors (Lipinski definition) is 1. The third-order valence-electron chi connectivity index (χ3n) is 6.27.